The summed E-state index contributed by atoms with van der Waals surface area (Å²) in [5.74, 6) is 0.868. The van der Waals surface area contributed by atoms with Crippen molar-refractivity contribution >= 4 is 27.4 Å². The SMILES string of the molecule is CC(Br)CCN(C)c1ccc2nnnn2n1. The molecule has 1 atom stereocenters. The summed E-state index contributed by atoms with van der Waals surface area (Å²) in [5.41, 5.74) is 0.658. The monoisotopic (exact) mass is 284 g/mol. The number of tetrazole rings is 1. The maximum Gasteiger partial charge on any atom is 0.200 e. The van der Waals surface area contributed by atoms with E-state index in [4.69, 9.17) is 0 Å². The van der Waals surface area contributed by atoms with Crippen LogP contribution in [0.5, 0.6) is 0 Å². The van der Waals surface area contributed by atoms with Gasteiger partial charge in [-0.25, -0.2) is 0 Å². The maximum absolute atomic E-state index is 4.30. The van der Waals surface area contributed by atoms with Gasteiger partial charge in [-0.3, -0.25) is 0 Å². The van der Waals surface area contributed by atoms with Gasteiger partial charge in [-0.1, -0.05) is 22.9 Å². The Morgan fingerprint density at radius 1 is 1.50 bits per heavy atom. The summed E-state index contributed by atoms with van der Waals surface area (Å²) in [6, 6.07) is 3.78. The zero-order chi connectivity index (χ0) is 11.5. The minimum absolute atomic E-state index is 0.506. The highest BCUT2D eigenvalue weighted by atomic mass is 79.9. The van der Waals surface area contributed by atoms with Crippen molar-refractivity contribution in [2.45, 2.75) is 18.2 Å². The summed E-state index contributed by atoms with van der Waals surface area (Å²) in [7, 11) is 2.01. The lowest BCUT2D eigenvalue weighted by Gasteiger charge is -2.18. The molecule has 0 aliphatic heterocycles. The third-order valence-corrected chi connectivity index (χ3v) is 2.77. The number of alkyl halides is 1. The van der Waals surface area contributed by atoms with E-state index >= 15 is 0 Å². The molecule has 86 valence electrons. The minimum atomic E-state index is 0.506. The van der Waals surface area contributed by atoms with Crippen LogP contribution in [0, 0.1) is 0 Å². The molecule has 0 fully saturated rings. The first-order chi connectivity index (χ1) is 7.66. The van der Waals surface area contributed by atoms with Crippen molar-refractivity contribution in [2.24, 2.45) is 0 Å². The van der Waals surface area contributed by atoms with Gasteiger partial charge in [0, 0.05) is 18.4 Å². The van der Waals surface area contributed by atoms with E-state index < -0.39 is 0 Å². The molecular weight excluding hydrogens is 272 g/mol. The summed E-state index contributed by atoms with van der Waals surface area (Å²) in [6.07, 6.45) is 1.06. The second kappa shape index (κ2) is 4.73. The number of hydrogen-bond acceptors (Lipinski definition) is 5. The van der Waals surface area contributed by atoms with Crippen molar-refractivity contribution in [3.8, 4) is 0 Å². The molecule has 1 unspecified atom stereocenters. The predicted molar refractivity (Wildman–Crippen MR) is 64.9 cm³/mol. The van der Waals surface area contributed by atoms with Crippen molar-refractivity contribution in [3.63, 3.8) is 0 Å². The van der Waals surface area contributed by atoms with Crippen LogP contribution >= 0.6 is 15.9 Å². The summed E-state index contributed by atoms with van der Waals surface area (Å²) in [5, 5.41) is 15.4. The molecule has 0 saturated heterocycles. The summed E-state index contributed by atoms with van der Waals surface area (Å²) >= 11 is 3.52. The van der Waals surface area contributed by atoms with Crippen LogP contribution in [0.4, 0.5) is 5.82 Å². The Hall–Kier alpha value is -1.24. The molecule has 0 aliphatic carbocycles. The minimum Gasteiger partial charge on any atom is -0.358 e. The molecule has 0 N–H and O–H groups in total. The van der Waals surface area contributed by atoms with E-state index in [2.05, 4.69) is 48.4 Å². The number of nitrogens with zero attached hydrogens (tertiary/aromatic N) is 6. The number of aromatic nitrogens is 5. The zero-order valence-electron chi connectivity index (χ0n) is 9.21. The van der Waals surface area contributed by atoms with Crippen LogP contribution in [0.1, 0.15) is 13.3 Å². The highest BCUT2D eigenvalue weighted by molar-refractivity contribution is 9.09. The Balaban J connectivity index is 2.12. The fourth-order valence-corrected chi connectivity index (χ4v) is 1.53. The molecule has 2 heterocycles. The van der Waals surface area contributed by atoms with E-state index in [1.54, 1.807) is 0 Å². The molecule has 7 heteroatoms. The highest BCUT2D eigenvalue weighted by Gasteiger charge is 2.06. The van der Waals surface area contributed by atoms with Gasteiger partial charge < -0.3 is 4.90 Å². The maximum atomic E-state index is 4.30. The largest absolute Gasteiger partial charge is 0.358 e. The molecule has 0 spiro atoms. The Kier molecular flexibility index (Phi) is 3.33. The van der Waals surface area contributed by atoms with E-state index in [1.807, 2.05) is 19.2 Å². The molecule has 0 aromatic carbocycles. The van der Waals surface area contributed by atoms with Gasteiger partial charge in [-0.05, 0) is 29.0 Å². The van der Waals surface area contributed by atoms with Gasteiger partial charge in [0.25, 0.3) is 0 Å². The normalized spacial score (nSPS) is 12.9. The lowest BCUT2D eigenvalue weighted by atomic mass is 10.3. The Bertz CT molecular complexity index is 468. The average molecular weight is 285 g/mol. The number of hydrogen-bond donors (Lipinski definition) is 0. The number of halogens is 1. The number of fused-ring (bicyclic) bond motifs is 1. The quantitative estimate of drug-likeness (QED) is 0.788. The molecule has 2 rings (SSSR count). The summed E-state index contributed by atoms with van der Waals surface area (Å²) in [4.78, 5) is 2.59. The summed E-state index contributed by atoms with van der Waals surface area (Å²) in [6.45, 7) is 3.07. The molecule has 0 amide bonds. The van der Waals surface area contributed by atoms with E-state index in [1.165, 1.54) is 4.63 Å². The second-order valence-electron chi connectivity index (χ2n) is 3.71. The first-order valence-electron chi connectivity index (χ1n) is 5.07. The Labute approximate surface area is 102 Å². The van der Waals surface area contributed by atoms with Gasteiger partial charge in [0.15, 0.2) is 11.5 Å². The predicted octanol–water partition coefficient (Wildman–Crippen LogP) is 1.13. The van der Waals surface area contributed by atoms with E-state index in [0.29, 0.717) is 10.5 Å². The first-order valence-corrected chi connectivity index (χ1v) is 5.99. The van der Waals surface area contributed by atoms with Crippen molar-refractivity contribution in [2.75, 3.05) is 18.5 Å². The fraction of sp³-hybridized carbons (Fsp3) is 0.556. The van der Waals surface area contributed by atoms with Crippen LogP contribution in [0.3, 0.4) is 0 Å². The third kappa shape index (κ3) is 2.46. The van der Waals surface area contributed by atoms with Crippen molar-refractivity contribution in [1.29, 1.82) is 0 Å². The second-order valence-corrected chi connectivity index (χ2v) is 5.27. The average Bonchev–Trinajstić information content (AvgIpc) is 2.72. The van der Waals surface area contributed by atoms with E-state index in [-0.39, 0.29) is 0 Å². The van der Waals surface area contributed by atoms with Gasteiger partial charge in [0.05, 0.1) is 0 Å². The first kappa shape index (κ1) is 11.3. The van der Waals surface area contributed by atoms with Crippen LogP contribution in [0.2, 0.25) is 0 Å². The Morgan fingerprint density at radius 3 is 3.06 bits per heavy atom. The molecule has 0 aliphatic rings. The van der Waals surface area contributed by atoms with E-state index in [9.17, 15) is 0 Å². The lowest BCUT2D eigenvalue weighted by molar-refractivity contribution is 0.710. The van der Waals surface area contributed by atoms with Gasteiger partial charge in [-0.2, -0.15) is 0 Å². The molecule has 0 radical (unpaired) electrons. The molecule has 0 saturated carbocycles. The molecule has 0 bridgehead atoms. The number of anilines is 1. The zero-order valence-corrected chi connectivity index (χ0v) is 10.8. The smallest absolute Gasteiger partial charge is 0.200 e. The molecule has 16 heavy (non-hydrogen) atoms. The van der Waals surface area contributed by atoms with Gasteiger partial charge in [0.2, 0.25) is 0 Å². The highest BCUT2D eigenvalue weighted by Crippen LogP contribution is 2.11. The van der Waals surface area contributed by atoms with Crippen LogP contribution in [-0.2, 0) is 0 Å². The van der Waals surface area contributed by atoms with Crippen molar-refractivity contribution in [1.82, 2.24) is 25.3 Å². The fourth-order valence-electron chi connectivity index (χ4n) is 1.33. The van der Waals surface area contributed by atoms with Crippen LogP contribution in [0.15, 0.2) is 12.1 Å². The lowest BCUT2D eigenvalue weighted by Crippen LogP contribution is -2.22. The molecule has 6 nitrogen and oxygen atoms in total. The summed E-state index contributed by atoms with van der Waals surface area (Å²) < 4.78 is 1.43. The van der Waals surface area contributed by atoms with Crippen LogP contribution in [-0.4, -0.2) is 43.7 Å². The van der Waals surface area contributed by atoms with Crippen molar-refractivity contribution < 1.29 is 0 Å². The van der Waals surface area contributed by atoms with Crippen molar-refractivity contribution in [3.05, 3.63) is 12.1 Å². The van der Waals surface area contributed by atoms with Crippen LogP contribution < -0.4 is 4.90 Å². The molecule has 2 aromatic heterocycles. The topological polar surface area (TPSA) is 59.2 Å². The van der Waals surface area contributed by atoms with E-state index in [0.717, 1.165) is 18.8 Å². The molecular formula is C9H13BrN6. The van der Waals surface area contributed by atoms with Crippen LogP contribution in [0.25, 0.3) is 5.65 Å². The van der Waals surface area contributed by atoms with Gasteiger partial charge in [0.1, 0.15) is 0 Å². The van der Waals surface area contributed by atoms with Gasteiger partial charge >= 0.3 is 0 Å². The third-order valence-electron chi connectivity index (χ3n) is 2.31. The van der Waals surface area contributed by atoms with Gasteiger partial charge in [-0.15, -0.1) is 14.8 Å². The number of rotatable bonds is 4. The standard InChI is InChI=1S/C9H13BrN6/c1-7(10)5-6-15(2)9-4-3-8-11-13-14-16(8)12-9/h3-4,7H,5-6H2,1-2H3. The Morgan fingerprint density at radius 2 is 2.31 bits per heavy atom. The molecule has 2 aromatic rings.